The average molecular weight is 399 g/mol. The molecule has 5 nitrogen and oxygen atoms in total. The molecule has 0 saturated carbocycles. The van der Waals surface area contributed by atoms with Gasteiger partial charge in [0.1, 0.15) is 0 Å². The molecular formula is C17H16Cl2N2O3S. The van der Waals surface area contributed by atoms with E-state index in [1.807, 2.05) is 0 Å². The highest BCUT2D eigenvalue weighted by Gasteiger charge is 2.07. The van der Waals surface area contributed by atoms with Crippen LogP contribution in [0.1, 0.15) is 11.1 Å². The Hall–Kier alpha value is -1.89. The predicted octanol–water partition coefficient (Wildman–Crippen LogP) is 4.09. The summed E-state index contributed by atoms with van der Waals surface area (Å²) in [7, 11) is 1.46. The smallest absolute Gasteiger partial charge is 0.250 e. The molecule has 8 heteroatoms. The van der Waals surface area contributed by atoms with Crippen molar-refractivity contribution >= 4 is 47.1 Å². The van der Waals surface area contributed by atoms with E-state index in [2.05, 4.69) is 10.5 Å². The number of benzene rings is 2. The highest BCUT2D eigenvalue weighted by atomic mass is 35.5. The van der Waals surface area contributed by atoms with Gasteiger partial charge in [-0.1, -0.05) is 29.3 Å². The van der Waals surface area contributed by atoms with E-state index >= 15 is 0 Å². The Labute approximate surface area is 160 Å². The van der Waals surface area contributed by atoms with Gasteiger partial charge < -0.3 is 9.84 Å². The Kier molecular flexibility index (Phi) is 7.43. The molecule has 2 aromatic rings. The van der Waals surface area contributed by atoms with Crippen LogP contribution < -0.4 is 10.2 Å². The Bertz CT molecular complexity index is 764. The second-order valence-corrected chi connectivity index (χ2v) is 6.72. The van der Waals surface area contributed by atoms with Crippen molar-refractivity contribution in [2.24, 2.45) is 5.10 Å². The lowest BCUT2D eigenvalue weighted by atomic mass is 10.2. The Morgan fingerprint density at radius 2 is 2.04 bits per heavy atom. The van der Waals surface area contributed by atoms with Gasteiger partial charge in [0.05, 0.1) is 19.1 Å². The third-order valence-electron chi connectivity index (χ3n) is 3.15. The molecule has 0 saturated heterocycles. The van der Waals surface area contributed by atoms with E-state index in [1.165, 1.54) is 31.2 Å². The van der Waals surface area contributed by atoms with Gasteiger partial charge in [-0.2, -0.15) is 5.10 Å². The van der Waals surface area contributed by atoms with E-state index in [1.54, 1.807) is 30.3 Å². The lowest BCUT2D eigenvalue weighted by Gasteiger charge is -2.06. The largest absolute Gasteiger partial charge is 0.504 e. The number of amides is 1. The van der Waals surface area contributed by atoms with Crippen molar-refractivity contribution in [2.45, 2.75) is 5.75 Å². The van der Waals surface area contributed by atoms with E-state index in [9.17, 15) is 9.90 Å². The predicted molar refractivity (Wildman–Crippen MR) is 103 cm³/mol. The van der Waals surface area contributed by atoms with E-state index < -0.39 is 0 Å². The summed E-state index contributed by atoms with van der Waals surface area (Å²) in [6, 6.07) is 10.1. The summed E-state index contributed by atoms with van der Waals surface area (Å²) in [5.41, 5.74) is 3.93. The summed E-state index contributed by atoms with van der Waals surface area (Å²) in [6.07, 6.45) is 1.47. The van der Waals surface area contributed by atoms with Gasteiger partial charge in [0.15, 0.2) is 11.5 Å². The van der Waals surface area contributed by atoms with Crippen molar-refractivity contribution in [1.29, 1.82) is 0 Å². The maximum absolute atomic E-state index is 11.8. The maximum Gasteiger partial charge on any atom is 0.250 e. The molecule has 0 unspecified atom stereocenters. The van der Waals surface area contributed by atoms with E-state index in [0.29, 0.717) is 27.1 Å². The molecule has 0 radical (unpaired) electrons. The van der Waals surface area contributed by atoms with Crippen LogP contribution in [0, 0.1) is 0 Å². The van der Waals surface area contributed by atoms with Crippen LogP contribution in [0.2, 0.25) is 10.0 Å². The Balaban J connectivity index is 1.81. The Morgan fingerprint density at radius 3 is 2.72 bits per heavy atom. The van der Waals surface area contributed by atoms with Gasteiger partial charge >= 0.3 is 0 Å². The molecule has 132 valence electrons. The van der Waals surface area contributed by atoms with Crippen molar-refractivity contribution in [1.82, 2.24) is 5.43 Å². The highest BCUT2D eigenvalue weighted by Crippen LogP contribution is 2.28. The van der Waals surface area contributed by atoms with Gasteiger partial charge in [0, 0.05) is 15.8 Å². The number of nitrogens with zero attached hydrogens (tertiary/aromatic N) is 1. The first-order valence-electron chi connectivity index (χ1n) is 7.21. The molecule has 1 amide bonds. The summed E-state index contributed by atoms with van der Waals surface area (Å²) < 4.78 is 5.00. The fourth-order valence-corrected chi connectivity index (χ4v) is 3.46. The topological polar surface area (TPSA) is 70.9 Å². The number of halogens is 2. The molecule has 0 aliphatic carbocycles. The second kappa shape index (κ2) is 9.56. The summed E-state index contributed by atoms with van der Waals surface area (Å²) in [5, 5.41) is 14.6. The summed E-state index contributed by atoms with van der Waals surface area (Å²) in [6.45, 7) is 0. The van der Waals surface area contributed by atoms with Crippen molar-refractivity contribution in [3.63, 3.8) is 0 Å². The van der Waals surface area contributed by atoms with Crippen LogP contribution in [0.4, 0.5) is 0 Å². The van der Waals surface area contributed by atoms with Crippen LogP contribution in [0.25, 0.3) is 0 Å². The zero-order valence-electron chi connectivity index (χ0n) is 13.3. The molecule has 0 fully saturated rings. The van der Waals surface area contributed by atoms with Crippen LogP contribution in [0.15, 0.2) is 41.5 Å². The first kappa shape index (κ1) is 19.4. The number of hydrazone groups is 1. The van der Waals surface area contributed by atoms with E-state index in [4.69, 9.17) is 27.9 Å². The van der Waals surface area contributed by atoms with Crippen LogP contribution in [-0.4, -0.2) is 30.1 Å². The van der Waals surface area contributed by atoms with Gasteiger partial charge in [-0.15, -0.1) is 11.8 Å². The fourth-order valence-electron chi connectivity index (χ4n) is 1.90. The maximum atomic E-state index is 11.8. The monoisotopic (exact) mass is 398 g/mol. The van der Waals surface area contributed by atoms with Crippen LogP contribution >= 0.6 is 35.0 Å². The molecule has 2 rings (SSSR count). The zero-order valence-corrected chi connectivity index (χ0v) is 15.7. The standard InChI is InChI=1S/C17H16Cl2N2O3S/c1-24-16-7-11(5-6-15(16)22)8-20-21-17(23)10-25-9-12-13(18)3-2-4-14(12)19/h2-8,22H,9-10H2,1H3,(H,21,23)/b20-8-. The van der Waals surface area contributed by atoms with Crippen LogP contribution in [0.5, 0.6) is 11.5 Å². The van der Waals surface area contributed by atoms with Crippen LogP contribution in [0.3, 0.4) is 0 Å². The van der Waals surface area contributed by atoms with E-state index in [0.717, 1.165) is 5.56 Å². The SMILES string of the molecule is COc1cc(/C=N\NC(=O)CSCc2c(Cl)cccc2Cl)ccc1O. The van der Waals surface area contributed by atoms with Crippen molar-refractivity contribution in [2.75, 3.05) is 12.9 Å². The summed E-state index contributed by atoms with van der Waals surface area (Å²) >= 11 is 13.6. The van der Waals surface area contributed by atoms with Crippen molar-refractivity contribution in [3.05, 3.63) is 57.6 Å². The number of hydrogen-bond acceptors (Lipinski definition) is 5. The number of thioether (sulfide) groups is 1. The molecule has 25 heavy (non-hydrogen) atoms. The first-order valence-corrected chi connectivity index (χ1v) is 9.12. The van der Waals surface area contributed by atoms with Crippen molar-refractivity contribution < 1.29 is 14.6 Å². The molecule has 0 heterocycles. The fraction of sp³-hybridized carbons (Fsp3) is 0.176. The molecule has 0 aromatic heterocycles. The summed E-state index contributed by atoms with van der Waals surface area (Å²) in [5.74, 6) is 0.888. The third kappa shape index (κ3) is 5.85. The second-order valence-electron chi connectivity index (χ2n) is 4.92. The van der Waals surface area contributed by atoms with Gasteiger partial charge in [0.25, 0.3) is 0 Å². The molecule has 0 aliphatic rings. The number of carbonyl (C=O) groups is 1. The molecule has 0 spiro atoms. The number of ether oxygens (including phenoxy) is 1. The first-order chi connectivity index (χ1) is 12.0. The number of phenols is 1. The van der Waals surface area contributed by atoms with Crippen LogP contribution in [-0.2, 0) is 10.5 Å². The number of phenolic OH excluding ortho intramolecular Hbond substituents is 1. The minimum atomic E-state index is -0.241. The Morgan fingerprint density at radius 1 is 1.32 bits per heavy atom. The average Bonchev–Trinajstić information content (AvgIpc) is 2.59. The minimum Gasteiger partial charge on any atom is -0.504 e. The number of rotatable bonds is 7. The van der Waals surface area contributed by atoms with E-state index in [-0.39, 0.29) is 17.4 Å². The number of hydrogen-bond donors (Lipinski definition) is 2. The minimum absolute atomic E-state index is 0.0401. The molecule has 0 aliphatic heterocycles. The zero-order chi connectivity index (χ0) is 18.2. The molecule has 2 N–H and O–H groups in total. The molecular weight excluding hydrogens is 383 g/mol. The normalized spacial score (nSPS) is 10.8. The number of nitrogens with one attached hydrogen (secondary N) is 1. The highest BCUT2D eigenvalue weighted by molar-refractivity contribution is 7.99. The quantitative estimate of drug-likeness (QED) is 0.544. The number of methoxy groups -OCH3 is 1. The van der Waals surface area contributed by atoms with Gasteiger partial charge in [-0.05, 0) is 41.5 Å². The third-order valence-corrected chi connectivity index (χ3v) is 4.82. The lowest BCUT2D eigenvalue weighted by molar-refractivity contribution is -0.118. The molecule has 0 atom stereocenters. The molecule has 2 aromatic carbocycles. The van der Waals surface area contributed by atoms with Crippen molar-refractivity contribution in [3.8, 4) is 11.5 Å². The summed E-state index contributed by atoms with van der Waals surface area (Å²) in [4.78, 5) is 11.8. The lowest BCUT2D eigenvalue weighted by Crippen LogP contribution is -2.19. The molecule has 0 bridgehead atoms. The van der Waals surface area contributed by atoms with Gasteiger partial charge in [-0.3, -0.25) is 4.79 Å². The number of aromatic hydroxyl groups is 1. The van der Waals surface area contributed by atoms with Gasteiger partial charge in [0.2, 0.25) is 5.91 Å². The number of carbonyl (C=O) groups excluding carboxylic acids is 1. The van der Waals surface area contributed by atoms with Gasteiger partial charge in [-0.25, -0.2) is 5.43 Å².